The van der Waals surface area contributed by atoms with E-state index in [1.165, 1.54) is 13.8 Å². The molecule has 0 aliphatic carbocycles. The van der Waals surface area contributed by atoms with Gasteiger partial charge in [-0.15, -0.1) is 0 Å². The van der Waals surface area contributed by atoms with Gasteiger partial charge in [-0.05, 0) is 63.1 Å². The Kier molecular flexibility index (Phi) is 11.1. The van der Waals surface area contributed by atoms with Gasteiger partial charge in [-0.25, -0.2) is 0 Å². The Hall–Kier alpha value is -3.39. The van der Waals surface area contributed by atoms with Crippen molar-refractivity contribution in [3.63, 3.8) is 0 Å². The first kappa shape index (κ1) is 27.6. The molecule has 33 heavy (non-hydrogen) atoms. The standard InChI is InChI=1S/C12H15ClN2O2.C12H16N2O2/c1-4-14-12(17)9-6-11(15-8(3)16)7(2)5-10(9)13;1-4-13-12(16)10-6-5-8(2)11(7-10)14-9(3)15/h5-6H,4H2,1-3H3,(H,14,17)(H,15,16);5-7H,4H2,1-3H3,(H,13,16)(H,14,15). The molecule has 0 aromatic heterocycles. The number of amides is 4. The van der Waals surface area contributed by atoms with E-state index in [2.05, 4.69) is 21.3 Å². The highest BCUT2D eigenvalue weighted by Gasteiger charge is 2.13. The van der Waals surface area contributed by atoms with Crippen LogP contribution < -0.4 is 21.3 Å². The van der Waals surface area contributed by atoms with E-state index in [1.807, 2.05) is 33.8 Å². The monoisotopic (exact) mass is 474 g/mol. The van der Waals surface area contributed by atoms with Crippen molar-refractivity contribution >= 4 is 46.6 Å². The average molecular weight is 475 g/mol. The summed E-state index contributed by atoms with van der Waals surface area (Å²) in [6, 6.07) is 8.49. The second-order valence-electron chi connectivity index (χ2n) is 7.26. The molecule has 0 radical (unpaired) electrons. The lowest BCUT2D eigenvalue weighted by molar-refractivity contribution is -0.115. The summed E-state index contributed by atoms with van der Waals surface area (Å²) in [6.07, 6.45) is 0. The van der Waals surface area contributed by atoms with Crippen LogP contribution in [0, 0.1) is 13.8 Å². The molecular weight excluding hydrogens is 444 g/mol. The van der Waals surface area contributed by atoms with Crippen molar-refractivity contribution in [3.05, 3.63) is 57.6 Å². The largest absolute Gasteiger partial charge is 0.352 e. The Morgan fingerprint density at radius 1 is 0.758 bits per heavy atom. The van der Waals surface area contributed by atoms with Crippen molar-refractivity contribution in [2.45, 2.75) is 41.5 Å². The minimum absolute atomic E-state index is 0.130. The Balaban J connectivity index is 0.000000331. The summed E-state index contributed by atoms with van der Waals surface area (Å²) in [7, 11) is 0. The summed E-state index contributed by atoms with van der Waals surface area (Å²) in [5.74, 6) is -0.702. The number of halogens is 1. The van der Waals surface area contributed by atoms with Crippen molar-refractivity contribution in [2.24, 2.45) is 0 Å². The smallest absolute Gasteiger partial charge is 0.252 e. The first-order valence-electron chi connectivity index (χ1n) is 10.5. The van der Waals surface area contributed by atoms with E-state index in [9.17, 15) is 19.2 Å². The van der Waals surface area contributed by atoms with Gasteiger partial charge < -0.3 is 21.3 Å². The van der Waals surface area contributed by atoms with E-state index in [4.69, 9.17) is 11.6 Å². The quantitative estimate of drug-likeness (QED) is 0.505. The van der Waals surface area contributed by atoms with Crippen LogP contribution >= 0.6 is 11.6 Å². The van der Waals surface area contributed by atoms with Gasteiger partial charge in [0.25, 0.3) is 11.8 Å². The van der Waals surface area contributed by atoms with Crippen molar-refractivity contribution < 1.29 is 19.2 Å². The molecule has 0 saturated heterocycles. The van der Waals surface area contributed by atoms with Crippen LogP contribution in [0.2, 0.25) is 5.02 Å². The van der Waals surface area contributed by atoms with E-state index >= 15 is 0 Å². The summed E-state index contributed by atoms with van der Waals surface area (Å²) in [5, 5.41) is 11.1. The van der Waals surface area contributed by atoms with E-state index in [1.54, 1.807) is 24.3 Å². The minimum Gasteiger partial charge on any atom is -0.352 e. The van der Waals surface area contributed by atoms with Crippen LogP contribution in [-0.2, 0) is 9.59 Å². The first-order chi connectivity index (χ1) is 15.5. The van der Waals surface area contributed by atoms with Crippen LogP contribution in [0.1, 0.15) is 59.5 Å². The lowest BCUT2D eigenvalue weighted by Crippen LogP contribution is -2.23. The second-order valence-corrected chi connectivity index (χ2v) is 7.67. The first-order valence-corrected chi connectivity index (χ1v) is 10.9. The van der Waals surface area contributed by atoms with Crippen LogP contribution in [0.5, 0.6) is 0 Å². The number of rotatable bonds is 6. The number of carbonyl (C=O) groups excluding carboxylic acids is 4. The third kappa shape index (κ3) is 8.94. The Morgan fingerprint density at radius 3 is 1.79 bits per heavy atom. The van der Waals surface area contributed by atoms with E-state index in [0.717, 1.165) is 11.1 Å². The molecule has 0 heterocycles. The van der Waals surface area contributed by atoms with Gasteiger partial charge in [-0.1, -0.05) is 17.7 Å². The highest BCUT2D eigenvalue weighted by atomic mass is 35.5. The molecule has 0 aliphatic rings. The Labute approximate surface area is 199 Å². The van der Waals surface area contributed by atoms with E-state index in [0.29, 0.717) is 40.6 Å². The number of benzene rings is 2. The van der Waals surface area contributed by atoms with Gasteiger partial charge in [0.2, 0.25) is 11.8 Å². The zero-order valence-corrected chi connectivity index (χ0v) is 20.6. The maximum absolute atomic E-state index is 11.7. The van der Waals surface area contributed by atoms with Gasteiger partial charge in [0.1, 0.15) is 0 Å². The van der Waals surface area contributed by atoms with Crippen molar-refractivity contribution in [3.8, 4) is 0 Å². The maximum Gasteiger partial charge on any atom is 0.252 e. The normalized spacial score (nSPS) is 9.79. The number of aryl methyl sites for hydroxylation is 2. The predicted octanol–water partition coefficient (Wildman–Crippen LogP) is 4.06. The van der Waals surface area contributed by atoms with E-state index in [-0.39, 0.29) is 23.6 Å². The van der Waals surface area contributed by atoms with E-state index < -0.39 is 0 Å². The lowest BCUT2D eigenvalue weighted by Gasteiger charge is -2.11. The molecule has 2 aromatic carbocycles. The third-order valence-electron chi connectivity index (χ3n) is 4.35. The molecule has 2 aromatic rings. The molecule has 9 heteroatoms. The van der Waals surface area contributed by atoms with Crippen LogP contribution in [0.3, 0.4) is 0 Å². The summed E-state index contributed by atoms with van der Waals surface area (Å²) >= 11 is 6.00. The number of hydrogen-bond acceptors (Lipinski definition) is 4. The summed E-state index contributed by atoms with van der Waals surface area (Å²) in [5.41, 5.74) is 3.94. The third-order valence-corrected chi connectivity index (χ3v) is 4.67. The SMILES string of the molecule is CCNC(=O)c1cc(NC(C)=O)c(C)cc1Cl.CCNC(=O)c1ccc(C)c(NC(C)=O)c1. The van der Waals surface area contributed by atoms with Gasteiger partial charge >= 0.3 is 0 Å². The molecule has 178 valence electrons. The topological polar surface area (TPSA) is 116 Å². The molecule has 0 bridgehead atoms. The molecule has 0 aliphatic heterocycles. The number of anilines is 2. The molecule has 8 nitrogen and oxygen atoms in total. The summed E-state index contributed by atoms with van der Waals surface area (Å²) in [6.45, 7) is 11.4. The molecule has 0 fully saturated rings. The Bertz CT molecular complexity index is 1040. The lowest BCUT2D eigenvalue weighted by atomic mass is 10.1. The zero-order chi connectivity index (χ0) is 25.1. The highest BCUT2D eigenvalue weighted by molar-refractivity contribution is 6.34. The van der Waals surface area contributed by atoms with Crippen LogP contribution in [0.15, 0.2) is 30.3 Å². The van der Waals surface area contributed by atoms with Crippen molar-refractivity contribution in [2.75, 3.05) is 23.7 Å². The summed E-state index contributed by atoms with van der Waals surface area (Å²) < 4.78 is 0. The molecular formula is C24H31ClN4O4. The Morgan fingerprint density at radius 2 is 1.27 bits per heavy atom. The van der Waals surface area contributed by atoms with Gasteiger partial charge in [0.15, 0.2) is 0 Å². The molecule has 2 rings (SSSR count). The predicted molar refractivity (Wildman–Crippen MR) is 132 cm³/mol. The minimum atomic E-state index is -0.246. The van der Waals surface area contributed by atoms with Gasteiger partial charge in [0.05, 0.1) is 10.6 Å². The molecule has 0 atom stereocenters. The molecule has 4 amide bonds. The second kappa shape index (κ2) is 13.2. The molecule has 0 unspecified atom stereocenters. The average Bonchev–Trinajstić information content (AvgIpc) is 2.72. The summed E-state index contributed by atoms with van der Waals surface area (Å²) in [4.78, 5) is 45.2. The maximum atomic E-state index is 11.7. The van der Waals surface area contributed by atoms with Gasteiger partial charge in [-0.2, -0.15) is 0 Å². The number of carbonyl (C=O) groups is 4. The van der Waals surface area contributed by atoms with Crippen LogP contribution in [-0.4, -0.2) is 36.7 Å². The van der Waals surface area contributed by atoms with Crippen molar-refractivity contribution in [1.82, 2.24) is 10.6 Å². The number of hydrogen-bond donors (Lipinski definition) is 4. The van der Waals surface area contributed by atoms with Gasteiger partial charge in [-0.3, -0.25) is 19.2 Å². The van der Waals surface area contributed by atoms with Gasteiger partial charge in [0, 0.05) is 43.9 Å². The fourth-order valence-corrected chi connectivity index (χ4v) is 3.08. The van der Waals surface area contributed by atoms with Crippen LogP contribution in [0.4, 0.5) is 11.4 Å². The zero-order valence-electron chi connectivity index (χ0n) is 19.8. The fourth-order valence-electron chi connectivity index (χ4n) is 2.78. The van der Waals surface area contributed by atoms with Crippen LogP contribution in [0.25, 0.3) is 0 Å². The fraction of sp³-hybridized carbons (Fsp3) is 0.333. The van der Waals surface area contributed by atoms with Crippen molar-refractivity contribution in [1.29, 1.82) is 0 Å². The molecule has 4 N–H and O–H groups in total. The highest BCUT2D eigenvalue weighted by Crippen LogP contribution is 2.25. The number of nitrogens with one attached hydrogen (secondary N) is 4. The molecule has 0 saturated carbocycles. The molecule has 0 spiro atoms.